The zero-order chi connectivity index (χ0) is 10.7. The third-order valence-corrected chi connectivity index (χ3v) is 2.05. The van der Waals surface area contributed by atoms with Crippen molar-refractivity contribution < 1.29 is 4.79 Å². The first-order valence-corrected chi connectivity index (χ1v) is 4.64. The Balaban J connectivity index is 2.21. The fourth-order valence-corrected chi connectivity index (χ4v) is 1.36. The highest BCUT2D eigenvalue weighted by molar-refractivity contribution is 5.79. The molecule has 4 heteroatoms. The normalized spacial score (nSPS) is 11.2. The summed E-state index contributed by atoms with van der Waals surface area (Å²) < 4.78 is 0. The smallest absolute Gasteiger partial charge is 0.221 e. The molecule has 0 spiro atoms. The molecule has 0 aliphatic carbocycles. The summed E-state index contributed by atoms with van der Waals surface area (Å²) in [7, 11) is 0. The summed E-state index contributed by atoms with van der Waals surface area (Å²) >= 11 is 0. The molecule has 0 saturated carbocycles. The van der Waals surface area contributed by atoms with E-state index in [9.17, 15) is 4.79 Å². The Morgan fingerprint density at radius 2 is 2.47 bits per heavy atom. The number of nitrogens with zero attached hydrogens (tertiary/aromatic N) is 1. The summed E-state index contributed by atoms with van der Waals surface area (Å²) in [5.41, 5.74) is 6.84. The number of fused-ring (bicyclic) bond motifs is 1. The van der Waals surface area contributed by atoms with Crippen LogP contribution in [-0.2, 0) is 4.79 Å². The maximum atomic E-state index is 10.5. The highest BCUT2D eigenvalue weighted by Gasteiger charge is 1.95. The van der Waals surface area contributed by atoms with Crippen molar-refractivity contribution in [1.29, 1.82) is 0 Å². The standard InChI is InChI=1S/C11H11N3O/c12-10(15)3-1-2-8-6-9-4-5-13-11(9)14-7-8/h1-2,4-7H,3H2,(H2,12,15)(H,13,14). The van der Waals surface area contributed by atoms with Crippen LogP contribution in [0.3, 0.4) is 0 Å². The number of hydrogen-bond acceptors (Lipinski definition) is 2. The van der Waals surface area contributed by atoms with Gasteiger partial charge in [0, 0.05) is 24.2 Å². The van der Waals surface area contributed by atoms with Gasteiger partial charge in [-0.15, -0.1) is 0 Å². The van der Waals surface area contributed by atoms with E-state index in [1.165, 1.54) is 0 Å². The van der Waals surface area contributed by atoms with Gasteiger partial charge in [0.1, 0.15) is 5.65 Å². The summed E-state index contributed by atoms with van der Waals surface area (Å²) in [6.07, 6.45) is 7.41. The molecule has 15 heavy (non-hydrogen) atoms. The second kappa shape index (κ2) is 3.96. The number of primary amides is 1. The number of aromatic amines is 1. The summed E-state index contributed by atoms with van der Waals surface area (Å²) in [5, 5.41) is 1.05. The molecule has 76 valence electrons. The molecule has 0 radical (unpaired) electrons. The number of rotatable bonds is 3. The highest BCUT2D eigenvalue weighted by Crippen LogP contribution is 2.12. The molecule has 2 aromatic heterocycles. The number of amides is 1. The van der Waals surface area contributed by atoms with Crippen molar-refractivity contribution in [3.63, 3.8) is 0 Å². The molecule has 0 fully saturated rings. The molecule has 0 bridgehead atoms. The van der Waals surface area contributed by atoms with Crippen LogP contribution >= 0.6 is 0 Å². The topological polar surface area (TPSA) is 71.8 Å². The van der Waals surface area contributed by atoms with E-state index in [0.717, 1.165) is 16.6 Å². The number of carbonyl (C=O) groups is 1. The van der Waals surface area contributed by atoms with Gasteiger partial charge in [-0.1, -0.05) is 12.2 Å². The van der Waals surface area contributed by atoms with Gasteiger partial charge in [0.25, 0.3) is 0 Å². The molecular formula is C11H11N3O. The third kappa shape index (κ3) is 2.22. The van der Waals surface area contributed by atoms with Crippen molar-refractivity contribution in [2.45, 2.75) is 6.42 Å². The molecule has 3 N–H and O–H groups in total. The molecule has 0 atom stereocenters. The molecule has 2 aromatic rings. The Hall–Kier alpha value is -2.10. The quantitative estimate of drug-likeness (QED) is 0.788. The van der Waals surface area contributed by atoms with E-state index in [1.807, 2.05) is 24.4 Å². The molecule has 2 rings (SSSR count). The van der Waals surface area contributed by atoms with Crippen LogP contribution in [0.1, 0.15) is 12.0 Å². The number of aromatic nitrogens is 2. The van der Waals surface area contributed by atoms with Crippen LogP contribution in [0.2, 0.25) is 0 Å². The van der Waals surface area contributed by atoms with Crippen LogP contribution in [0.25, 0.3) is 17.1 Å². The SMILES string of the molecule is NC(=O)CC=Cc1cnc2[nH]ccc2c1. The van der Waals surface area contributed by atoms with Gasteiger partial charge in [0.15, 0.2) is 0 Å². The van der Waals surface area contributed by atoms with Crippen LogP contribution in [-0.4, -0.2) is 15.9 Å². The number of nitrogens with two attached hydrogens (primary N) is 1. The minimum Gasteiger partial charge on any atom is -0.369 e. The molecule has 0 aliphatic rings. The predicted octanol–water partition coefficient (Wildman–Crippen LogP) is 1.45. The van der Waals surface area contributed by atoms with Gasteiger partial charge in [-0.25, -0.2) is 4.98 Å². The molecular weight excluding hydrogens is 190 g/mol. The first-order chi connectivity index (χ1) is 7.25. The van der Waals surface area contributed by atoms with Crippen molar-refractivity contribution in [1.82, 2.24) is 9.97 Å². The van der Waals surface area contributed by atoms with E-state index >= 15 is 0 Å². The third-order valence-electron chi connectivity index (χ3n) is 2.05. The minimum absolute atomic E-state index is 0.255. The Bertz CT molecular complexity index is 513. The average Bonchev–Trinajstić information content (AvgIpc) is 2.64. The van der Waals surface area contributed by atoms with Crippen molar-refractivity contribution in [2.75, 3.05) is 0 Å². The average molecular weight is 201 g/mol. The number of H-pyrrole nitrogens is 1. The van der Waals surface area contributed by atoms with Gasteiger partial charge < -0.3 is 10.7 Å². The van der Waals surface area contributed by atoms with Crippen molar-refractivity contribution >= 4 is 23.0 Å². The van der Waals surface area contributed by atoms with Gasteiger partial charge in [-0.05, 0) is 17.7 Å². The lowest BCUT2D eigenvalue weighted by molar-refractivity contribution is -0.117. The highest BCUT2D eigenvalue weighted by atomic mass is 16.1. The summed E-state index contributed by atoms with van der Waals surface area (Å²) in [6, 6.07) is 3.95. The zero-order valence-electron chi connectivity index (χ0n) is 8.10. The number of nitrogens with one attached hydrogen (secondary N) is 1. The van der Waals surface area contributed by atoms with Crippen LogP contribution in [0.5, 0.6) is 0 Å². The predicted molar refractivity (Wildman–Crippen MR) is 58.9 cm³/mol. The Labute approximate surface area is 86.8 Å². The van der Waals surface area contributed by atoms with E-state index in [4.69, 9.17) is 5.73 Å². The zero-order valence-corrected chi connectivity index (χ0v) is 8.10. The summed E-state index contributed by atoms with van der Waals surface area (Å²) in [4.78, 5) is 17.7. The van der Waals surface area contributed by atoms with Crippen LogP contribution in [0.15, 0.2) is 30.6 Å². The molecule has 0 aliphatic heterocycles. The van der Waals surface area contributed by atoms with Gasteiger partial charge in [-0.2, -0.15) is 0 Å². The Morgan fingerprint density at radius 3 is 3.27 bits per heavy atom. The van der Waals surface area contributed by atoms with Crippen LogP contribution < -0.4 is 5.73 Å². The Morgan fingerprint density at radius 1 is 1.60 bits per heavy atom. The van der Waals surface area contributed by atoms with Gasteiger partial charge in [0.2, 0.25) is 5.91 Å². The van der Waals surface area contributed by atoms with E-state index < -0.39 is 0 Å². The lowest BCUT2D eigenvalue weighted by Gasteiger charge is -1.93. The minimum atomic E-state index is -0.332. The van der Waals surface area contributed by atoms with Crippen LogP contribution in [0, 0.1) is 0 Å². The number of hydrogen-bond donors (Lipinski definition) is 2. The number of pyridine rings is 1. The van der Waals surface area contributed by atoms with Crippen molar-refractivity contribution in [2.24, 2.45) is 5.73 Å². The van der Waals surface area contributed by atoms with Crippen LogP contribution in [0.4, 0.5) is 0 Å². The van der Waals surface area contributed by atoms with Gasteiger partial charge in [0.05, 0.1) is 0 Å². The monoisotopic (exact) mass is 201 g/mol. The molecule has 0 unspecified atom stereocenters. The van der Waals surface area contributed by atoms with E-state index in [0.29, 0.717) is 0 Å². The fraction of sp³-hybridized carbons (Fsp3) is 0.0909. The van der Waals surface area contributed by atoms with E-state index in [-0.39, 0.29) is 12.3 Å². The molecule has 2 heterocycles. The van der Waals surface area contributed by atoms with Crippen molar-refractivity contribution in [3.05, 3.63) is 36.2 Å². The number of carbonyl (C=O) groups excluding carboxylic acids is 1. The first kappa shape index (κ1) is 9.45. The maximum Gasteiger partial charge on any atom is 0.221 e. The molecule has 1 amide bonds. The fourth-order valence-electron chi connectivity index (χ4n) is 1.36. The van der Waals surface area contributed by atoms with Gasteiger partial charge in [-0.3, -0.25) is 4.79 Å². The second-order valence-electron chi connectivity index (χ2n) is 3.26. The second-order valence-corrected chi connectivity index (χ2v) is 3.26. The molecule has 4 nitrogen and oxygen atoms in total. The van der Waals surface area contributed by atoms with Gasteiger partial charge >= 0.3 is 0 Å². The molecule has 0 aromatic carbocycles. The Kier molecular flexibility index (Phi) is 2.49. The lowest BCUT2D eigenvalue weighted by Crippen LogP contribution is -2.07. The van der Waals surface area contributed by atoms with Crippen molar-refractivity contribution in [3.8, 4) is 0 Å². The maximum absolute atomic E-state index is 10.5. The summed E-state index contributed by atoms with van der Waals surface area (Å²) in [5.74, 6) is -0.332. The van der Waals surface area contributed by atoms with E-state index in [1.54, 1.807) is 12.3 Å². The first-order valence-electron chi connectivity index (χ1n) is 4.64. The van der Waals surface area contributed by atoms with E-state index in [2.05, 4.69) is 9.97 Å². The largest absolute Gasteiger partial charge is 0.369 e. The summed E-state index contributed by atoms with van der Waals surface area (Å²) in [6.45, 7) is 0. The lowest BCUT2D eigenvalue weighted by atomic mass is 10.2. The molecule has 0 saturated heterocycles.